The van der Waals surface area contributed by atoms with E-state index in [0.29, 0.717) is 0 Å². The quantitative estimate of drug-likeness (QED) is 0.259. The lowest BCUT2D eigenvalue weighted by Crippen LogP contribution is -1.87. The van der Waals surface area contributed by atoms with Crippen molar-refractivity contribution in [2.75, 3.05) is 0 Å². The van der Waals surface area contributed by atoms with Gasteiger partial charge in [0, 0.05) is 5.56 Å². The molecule has 1 aromatic heterocycles. The number of benzene rings is 5. The van der Waals surface area contributed by atoms with Crippen LogP contribution in [0.15, 0.2) is 121 Å². The molecule has 0 atom stereocenters. The van der Waals surface area contributed by atoms with Crippen molar-refractivity contribution in [2.24, 2.45) is 0 Å². The molecule has 0 fully saturated rings. The molecule has 1 heterocycles. The number of hydrogen-bond donors (Lipinski definition) is 0. The second-order valence-corrected chi connectivity index (χ2v) is 9.57. The van der Waals surface area contributed by atoms with Crippen molar-refractivity contribution in [1.29, 1.82) is 0 Å². The number of nitrogens with zero attached hydrogens (tertiary/aromatic N) is 1. The van der Waals surface area contributed by atoms with E-state index >= 15 is 0 Å². The first-order chi connectivity index (χ1) is 16.7. The Morgan fingerprint density at radius 1 is 0.500 bits per heavy atom. The average Bonchev–Trinajstić information content (AvgIpc) is 3.34. The van der Waals surface area contributed by atoms with Gasteiger partial charge in [-0.15, -0.1) is 11.3 Å². The van der Waals surface area contributed by atoms with Gasteiger partial charge < -0.3 is 0 Å². The topological polar surface area (TPSA) is 12.9 Å². The Hall–Kier alpha value is -4.01. The highest BCUT2D eigenvalue weighted by atomic mass is 32.1. The fourth-order valence-corrected chi connectivity index (χ4v) is 5.45. The molecule has 0 unspecified atom stereocenters. The predicted octanol–water partition coefficient (Wildman–Crippen LogP) is 9.27. The second kappa shape index (κ2) is 8.74. The Bertz CT molecular complexity index is 1580. The molecule has 5 aromatic carbocycles. The summed E-state index contributed by atoms with van der Waals surface area (Å²) in [7, 11) is 0. The zero-order valence-corrected chi connectivity index (χ0v) is 19.7. The highest BCUT2D eigenvalue weighted by Gasteiger charge is 2.11. The minimum absolute atomic E-state index is 1.06. The van der Waals surface area contributed by atoms with Crippen LogP contribution in [-0.4, -0.2) is 4.98 Å². The molecule has 0 spiro atoms. The van der Waals surface area contributed by atoms with Gasteiger partial charge in [-0.3, -0.25) is 0 Å². The van der Waals surface area contributed by atoms with E-state index in [-0.39, 0.29) is 0 Å². The summed E-state index contributed by atoms with van der Waals surface area (Å²) in [6.45, 7) is 2.16. The molecule has 6 aromatic rings. The first-order valence-corrected chi connectivity index (χ1v) is 12.3. The van der Waals surface area contributed by atoms with Crippen LogP contribution in [0, 0.1) is 6.92 Å². The van der Waals surface area contributed by atoms with Crippen LogP contribution in [-0.2, 0) is 0 Å². The lowest BCUT2D eigenvalue weighted by Gasteiger charge is -2.10. The van der Waals surface area contributed by atoms with E-state index in [0.717, 1.165) is 10.5 Å². The van der Waals surface area contributed by atoms with Gasteiger partial charge in [-0.05, 0) is 76.2 Å². The van der Waals surface area contributed by atoms with Gasteiger partial charge in [0.1, 0.15) is 5.01 Å². The smallest absolute Gasteiger partial charge is 0.124 e. The van der Waals surface area contributed by atoms with Crippen LogP contribution < -0.4 is 0 Å². The van der Waals surface area contributed by atoms with Gasteiger partial charge >= 0.3 is 0 Å². The lowest BCUT2D eigenvalue weighted by molar-refractivity contribution is 1.41. The molecule has 0 aliphatic carbocycles. The summed E-state index contributed by atoms with van der Waals surface area (Å²) in [6.07, 6.45) is 0. The normalized spacial score (nSPS) is 11.1. The fraction of sp³-hybridized carbons (Fsp3) is 0.0312. The third-order valence-corrected chi connectivity index (χ3v) is 7.33. The first kappa shape index (κ1) is 20.6. The molecule has 6 rings (SSSR count). The monoisotopic (exact) mass is 453 g/mol. The number of fused-ring (bicyclic) bond motifs is 1. The van der Waals surface area contributed by atoms with Gasteiger partial charge in [0.15, 0.2) is 0 Å². The highest BCUT2D eigenvalue weighted by molar-refractivity contribution is 7.21. The number of aromatic nitrogens is 1. The maximum atomic E-state index is 4.90. The van der Waals surface area contributed by atoms with Gasteiger partial charge in [-0.1, -0.05) is 91.0 Å². The fourth-order valence-electron chi connectivity index (χ4n) is 4.41. The van der Waals surface area contributed by atoms with Crippen molar-refractivity contribution < 1.29 is 0 Å². The van der Waals surface area contributed by atoms with Gasteiger partial charge in [-0.2, -0.15) is 0 Å². The molecule has 0 aliphatic rings. The lowest BCUT2D eigenvalue weighted by atomic mass is 9.95. The molecule has 1 nitrogen and oxygen atoms in total. The number of thiazole rings is 1. The Morgan fingerprint density at radius 2 is 1.06 bits per heavy atom. The first-order valence-electron chi connectivity index (χ1n) is 11.5. The van der Waals surface area contributed by atoms with E-state index in [9.17, 15) is 0 Å². The molecular weight excluding hydrogens is 430 g/mol. The summed E-state index contributed by atoms with van der Waals surface area (Å²) in [5.41, 5.74) is 10.8. The molecule has 162 valence electrons. The van der Waals surface area contributed by atoms with Crippen LogP contribution in [0.25, 0.3) is 54.2 Å². The van der Waals surface area contributed by atoms with E-state index < -0.39 is 0 Å². The van der Waals surface area contributed by atoms with Crippen LogP contribution in [0.1, 0.15) is 5.56 Å². The third kappa shape index (κ3) is 3.93. The molecule has 0 N–H and O–H groups in total. The van der Waals surface area contributed by atoms with Crippen LogP contribution in [0.5, 0.6) is 0 Å². The standard InChI is InChI=1S/C32H23NS/c1-22-17-18-28(21-29(22)32-33-30-15-5-6-16-31(30)34-32)27-14-8-13-26(20-27)25-12-7-11-24(19-25)23-9-3-2-4-10-23/h2-21H,1H3. The van der Waals surface area contributed by atoms with E-state index in [1.54, 1.807) is 11.3 Å². The summed E-state index contributed by atoms with van der Waals surface area (Å²) in [4.78, 5) is 4.90. The summed E-state index contributed by atoms with van der Waals surface area (Å²) in [5.74, 6) is 0. The van der Waals surface area contributed by atoms with Crippen molar-refractivity contribution in [2.45, 2.75) is 6.92 Å². The summed E-state index contributed by atoms with van der Waals surface area (Å²) in [5, 5.41) is 1.08. The summed E-state index contributed by atoms with van der Waals surface area (Å²) >= 11 is 1.76. The number of hydrogen-bond acceptors (Lipinski definition) is 2. The van der Waals surface area contributed by atoms with Gasteiger partial charge in [0.25, 0.3) is 0 Å². The minimum atomic E-state index is 1.06. The largest absolute Gasteiger partial charge is 0.236 e. The van der Waals surface area contributed by atoms with E-state index in [1.165, 1.54) is 49.2 Å². The Balaban J connectivity index is 1.39. The van der Waals surface area contributed by atoms with Crippen LogP contribution in [0.4, 0.5) is 0 Å². The van der Waals surface area contributed by atoms with Crippen molar-refractivity contribution in [3.8, 4) is 44.0 Å². The van der Waals surface area contributed by atoms with Crippen molar-refractivity contribution in [3.63, 3.8) is 0 Å². The minimum Gasteiger partial charge on any atom is -0.236 e. The van der Waals surface area contributed by atoms with Crippen molar-refractivity contribution >= 4 is 21.6 Å². The highest BCUT2D eigenvalue weighted by Crippen LogP contribution is 2.36. The second-order valence-electron chi connectivity index (χ2n) is 8.54. The van der Waals surface area contributed by atoms with Gasteiger partial charge in [0.05, 0.1) is 10.2 Å². The van der Waals surface area contributed by atoms with E-state index in [4.69, 9.17) is 4.98 Å². The van der Waals surface area contributed by atoms with E-state index in [2.05, 4.69) is 122 Å². The number of rotatable bonds is 4. The Labute approximate surface area is 204 Å². The van der Waals surface area contributed by atoms with E-state index in [1.807, 2.05) is 6.07 Å². The Morgan fingerprint density at radius 3 is 1.74 bits per heavy atom. The maximum absolute atomic E-state index is 4.90. The van der Waals surface area contributed by atoms with Crippen LogP contribution in [0.3, 0.4) is 0 Å². The molecule has 0 amide bonds. The zero-order chi connectivity index (χ0) is 22.9. The molecule has 0 saturated heterocycles. The van der Waals surface area contributed by atoms with Gasteiger partial charge in [-0.25, -0.2) is 4.98 Å². The van der Waals surface area contributed by atoms with Crippen LogP contribution in [0.2, 0.25) is 0 Å². The van der Waals surface area contributed by atoms with Crippen LogP contribution >= 0.6 is 11.3 Å². The molecule has 0 bridgehead atoms. The SMILES string of the molecule is Cc1ccc(-c2cccc(-c3cccc(-c4ccccc4)c3)c2)cc1-c1nc2ccccc2s1. The van der Waals surface area contributed by atoms with Crippen molar-refractivity contribution in [3.05, 3.63) is 127 Å². The summed E-state index contributed by atoms with van der Waals surface area (Å²) in [6, 6.07) is 43.2. The molecule has 0 aliphatic heterocycles. The molecule has 0 saturated carbocycles. The third-order valence-electron chi connectivity index (χ3n) is 6.26. The molecule has 34 heavy (non-hydrogen) atoms. The molecule has 0 radical (unpaired) electrons. The zero-order valence-electron chi connectivity index (χ0n) is 18.9. The van der Waals surface area contributed by atoms with Crippen molar-refractivity contribution in [1.82, 2.24) is 4.98 Å². The van der Waals surface area contributed by atoms with Gasteiger partial charge in [0.2, 0.25) is 0 Å². The summed E-state index contributed by atoms with van der Waals surface area (Å²) < 4.78 is 1.22. The molecular formula is C32H23NS. The Kier molecular flexibility index (Phi) is 5.29. The molecule has 2 heteroatoms. The number of aryl methyl sites for hydroxylation is 1. The average molecular weight is 454 g/mol. The predicted molar refractivity (Wildman–Crippen MR) is 146 cm³/mol. The number of para-hydroxylation sites is 1. The maximum Gasteiger partial charge on any atom is 0.124 e.